The first-order valence-electron chi connectivity index (χ1n) is 9.93. The van der Waals surface area contributed by atoms with Crippen LogP contribution in [0.4, 0.5) is 0 Å². The van der Waals surface area contributed by atoms with Crippen molar-refractivity contribution in [3.63, 3.8) is 0 Å². The number of aliphatic carboxylic acids is 1. The number of hydrogen-bond donors (Lipinski definition) is 2. The van der Waals surface area contributed by atoms with Crippen LogP contribution in [0, 0.1) is 5.92 Å². The molecule has 1 heterocycles. The summed E-state index contributed by atoms with van der Waals surface area (Å²) in [6.07, 6.45) is 10.7. The second-order valence-electron chi connectivity index (χ2n) is 7.30. The average Bonchev–Trinajstić information content (AvgIpc) is 3.10. The van der Waals surface area contributed by atoms with Crippen molar-refractivity contribution >= 4 is 5.97 Å². The molecule has 26 heavy (non-hydrogen) atoms. The Labute approximate surface area is 155 Å². The van der Waals surface area contributed by atoms with E-state index >= 15 is 0 Å². The molecule has 1 unspecified atom stereocenters. The van der Waals surface area contributed by atoms with Crippen molar-refractivity contribution in [2.75, 3.05) is 20.3 Å². The summed E-state index contributed by atoms with van der Waals surface area (Å²) in [5, 5.41) is 16.4. The number of carbonyl (C=O) groups is 1. The molecule has 0 saturated heterocycles. The Balaban J connectivity index is 1.78. The Bertz CT molecular complexity index is 515. The Morgan fingerprint density at radius 1 is 1.35 bits per heavy atom. The normalized spacial score (nSPS) is 16.7. The van der Waals surface area contributed by atoms with Gasteiger partial charge in [0.1, 0.15) is 0 Å². The van der Waals surface area contributed by atoms with Crippen molar-refractivity contribution in [2.45, 2.75) is 76.7 Å². The number of aromatic nitrogens is 2. The van der Waals surface area contributed by atoms with Crippen LogP contribution in [0.15, 0.2) is 4.52 Å². The lowest BCUT2D eigenvalue weighted by atomic mass is 9.84. The zero-order valence-electron chi connectivity index (χ0n) is 15.9. The molecule has 148 valence electrons. The van der Waals surface area contributed by atoms with Crippen LogP contribution in [-0.2, 0) is 16.1 Å². The number of methoxy groups -OCH3 is 1. The van der Waals surface area contributed by atoms with E-state index in [2.05, 4.69) is 15.5 Å². The smallest absolute Gasteiger partial charge is 0.304 e. The number of hydrogen-bond acceptors (Lipinski definition) is 6. The third-order valence-electron chi connectivity index (χ3n) is 5.13. The molecule has 0 spiro atoms. The van der Waals surface area contributed by atoms with Crippen molar-refractivity contribution < 1.29 is 19.2 Å². The summed E-state index contributed by atoms with van der Waals surface area (Å²) >= 11 is 0. The van der Waals surface area contributed by atoms with Gasteiger partial charge in [-0.25, -0.2) is 0 Å². The Morgan fingerprint density at radius 3 is 2.88 bits per heavy atom. The van der Waals surface area contributed by atoms with E-state index in [0.717, 1.165) is 31.7 Å². The molecule has 7 nitrogen and oxygen atoms in total. The van der Waals surface area contributed by atoms with E-state index in [9.17, 15) is 9.90 Å². The van der Waals surface area contributed by atoms with Crippen molar-refractivity contribution in [3.05, 3.63) is 11.7 Å². The second kappa shape index (κ2) is 12.0. The summed E-state index contributed by atoms with van der Waals surface area (Å²) < 4.78 is 10.4. The number of ether oxygens (including phenoxy) is 1. The van der Waals surface area contributed by atoms with Crippen LogP contribution in [-0.4, -0.2) is 41.5 Å². The topological polar surface area (TPSA) is 97.5 Å². The number of rotatable bonds is 13. The van der Waals surface area contributed by atoms with Crippen LogP contribution < -0.4 is 5.32 Å². The molecule has 0 bridgehead atoms. The molecule has 1 aliphatic rings. The summed E-state index contributed by atoms with van der Waals surface area (Å²) in [5.41, 5.74) is 0. The Morgan fingerprint density at radius 2 is 2.15 bits per heavy atom. The fourth-order valence-electron chi connectivity index (χ4n) is 3.70. The first-order valence-corrected chi connectivity index (χ1v) is 9.93. The highest BCUT2D eigenvalue weighted by atomic mass is 16.5. The van der Waals surface area contributed by atoms with E-state index in [0.29, 0.717) is 24.9 Å². The monoisotopic (exact) mass is 367 g/mol. The number of nitrogens with zero attached hydrogens (tertiary/aromatic N) is 2. The molecule has 2 N–H and O–H groups in total. The largest absolute Gasteiger partial charge is 0.481 e. The quantitative estimate of drug-likeness (QED) is 0.515. The number of carboxylic acid groups (broad SMARTS) is 1. The summed E-state index contributed by atoms with van der Waals surface area (Å²) in [5.74, 6) is 0.851. The van der Waals surface area contributed by atoms with Gasteiger partial charge in [0.25, 0.3) is 0 Å². The predicted octanol–water partition coefficient (Wildman–Crippen LogP) is 3.50. The van der Waals surface area contributed by atoms with Gasteiger partial charge in [0.2, 0.25) is 5.89 Å². The summed E-state index contributed by atoms with van der Waals surface area (Å²) in [6, 6.07) is 0. The van der Waals surface area contributed by atoms with Crippen molar-refractivity contribution in [1.29, 1.82) is 0 Å². The summed E-state index contributed by atoms with van der Waals surface area (Å²) in [7, 11) is 1.68. The standard InChI is InChI=1S/C19H33N3O4/c1-25-12-6-11-20-14-17-21-19(26-22-17)16(13-18(23)24)10-5-9-15-7-3-2-4-8-15/h15-16,20H,2-14H2,1H3,(H,23,24). The second-order valence-corrected chi connectivity index (χ2v) is 7.30. The fourth-order valence-corrected chi connectivity index (χ4v) is 3.70. The van der Waals surface area contributed by atoms with Crippen molar-refractivity contribution in [3.8, 4) is 0 Å². The van der Waals surface area contributed by atoms with Gasteiger partial charge in [0.15, 0.2) is 5.82 Å². The van der Waals surface area contributed by atoms with Gasteiger partial charge in [-0.3, -0.25) is 4.79 Å². The van der Waals surface area contributed by atoms with E-state index in [1.54, 1.807) is 7.11 Å². The van der Waals surface area contributed by atoms with Gasteiger partial charge < -0.3 is 19.7 Å². The maximum Gasteiger partial charge on any atom is 0.304 e. The lowest BCUT2D eigenvalue weighted by Gasteiger charge is -2.21. The van der Waals surface area contributed by atoms with Gasteiger partial charge in [-0.2, -0.15) is 4.98 Å². The van der Waals surface area contributed by atoms with Crippen LogP contribution >= 0.6 is 0 Å². The zero-order chi connectivity index (χ0) is 18.6. The fraction of sp³-hybridized carbons (Fsp3) is 0.842. The minimum Gasteiger partial charge on any atom is -0.481 e. The van der Waals surface area contributed by atoms with E-state index in [1.165, 1.54) is 38.5 Å². The third kappa shape index (κ3) is 7.83. The molecule has 0 radical (unpaired) electrons. The van der Waals surface area contributed by atoms with Gasteiger partial charge in [-0.1, -0.05) is 50.1 Å². The van der Waals surface area contributed by atoms with Gasteiger partial charge in [-0.05, 0) is 25.3 Å². The van der Waals surface area contributed by atoms with Crippen LogP contribution in [0.1, 0.15) is 81.8 Å². The van der Waals surface area contributed by atoms with E-state index in [-0.39, 0.29) is 12.3 Å². The molecule has 0 aliphatic heterocycles. The molecule has 0 amide bonds. The van der Waals surface area contributed by atoms with Gasteiger partial charge in [0.05, 0.1) is 13.0 Å². The SMILES string of the molecule is COCCCNCc1noc(C(CCCC2CCCCC2)CC(=O)O)n1. The highest BCUT2D eigenvalue weighted by molar-refractivity contribution is 5.67. The van der Waals surface area contributed by atoms with Gasteiger partial charge in [-0.15, -0.1) is 0 Å². The summed E-state index contributed by atoms with van der Waals surface area (Å²) in [6.45, 7) is 2.05. The zero-order valence-corrected chi connectivity index (χ0v) is 15.9. The number of carboxylic acids is 1. The lowest BCUT2D eigenvalue weighted by molar-refractivity contribution is -0.137. The molecule has 0 aromatic carbocycles. The molecule has 2 rings (SSSR count). The minimum absolute atomic E-state index is 0.0492. The molecule has 1 fully saturated rings. The van der Waals surface area contributed by atoms with E-state index in [4.69, 9.17) is 9.26 Å². The van der Waals surface area contributed by atoms with Crippen molar-refractivity contribution in [1.82, 2.24) is 15.5 Å². The molecule has 1 saturated carbocycles. The minimum atomic E-state index is -0.815. The van der Waals surface area contributed by atoms with Crippen molar-refractivity contribution in [2.24, 2.45) is 5.92 Å². The van der Waals surface area contributed by atoms with Crippen LogP contribution in [0.5, 0.6) is 0 Å². The first-order chi connectivity index (χ1) is 12.7. The lowest BCUT2D eigenvalue weighted by Crippen LogP contribution is -2.17. The first kappa shape index (κ1) is 20.8. The van der Waals surface area contributed by atoms with E-state index < -0.39 is 5.97 Å². The maximum atomic E-state index is 11.2. The molecule has 1 atom stereocenters. The molecular formula is C19H33N3O4. The highest BCUT2D eigenvalue weighted by Gasteiger charge is 2.23. The maximum absolute atomic E-state index is 11.2. The van der Waals surface area contributed by atoms with E-state index in [1.807, 2.05) is 0 Å². The molecular weight excluding hydrogens is 334 g/mol. The molecule has 1 aromatic heterocycles. The van der Waals surface area contributed by atoms with Gasteiger partial charge in [0, 0.05) is 19.6 Å². The van der Waals surface area contributed by atoms with Gasteiger partial charge >= 0.3 is 5.97 Å². The number of nitrogens with one attached hydrogen (secondary N) is 1. The molecule has 1 aliphatic carbocycles. The Kier molecular flexibility index (Phi) is 9.63. The Hall–Kier alpha value is -1.47. The molecule has 1 aromatic rings. The average molecular weight is 367 g/mol. The van der Waals surface area contributed by atoms with Crippen LogP contribution in [0.25, 0.3) is 0 Å². The predicted molar refractivity (Wildman–Crippen MR) is 97.9 cm³/mol. The van der Waals surface area contributed by atoms with Crippen LogP contribution in [0.2, 0.25) is 0 Å². The summed E-state index contributed by atoms with van der Waals surface area (Å²) in [4.78, 5) is 15.6. The third-order valence-corrected chi connectivity index (χ3v) is 5.13. The highest BCUT2D eigenvalue weighted by Crippen LogP contribution is 2.31. The van der Waals surface area contributed by atoms with Crippen LogP contribution in [0.3, 0.4) is 0 Å². The molecule has 7 heteroatoms.